The van der Waals surface area contributed by atoms with Gasteiger partial charge < -0.3 is 19.3 Å². The molecule has 0 radical (unpaired) electrons. The normalized spacial score (nSPS) is 37.2. The molecule has 1 aliphatic carbocycles. The van der Waals surface area contributed by atoms with E-state index in [0.29, 0.717) is 12.0 Å². The maximum Gasteiger partial charge on any atom is 0.334 e. The summed E-state index contributed by atoms with van der Waals surface area (Å²) in [6.45, 7) is 11.0. The highest BCUT2D eigenvalue weighted by atomic mass is 16.6. The van der Waals surface area contributed by atoms with Crippen molar-refractivity contribution >= 4 is 11.9 Å². The summed E-state index contributed by atoms with van der Waals surface area (Å²) in [4.78, 5) is 24.3. The maximum atomic E-state index is 12.2. The summed E-state index contributed by atoms with van der Waals surface area (Å²) >= 11 is 0. The Balaban J connectivity index is 1.82. The molecule has 6 heteroatoms. The number of carbonyl (C=O) groups is 2. The number of hydrogen-bond donors (Lipinski definition) is 1. The number of ether oxygens (including phenoxy) is 3. The molecule has 144 valence electrons. The van der Waals surface area contributed by atoms with Crippen molar-refractivity contribution in [2.75, 3.05) is 0 Å². The zero-order valence-corrected chi connectivity index (χ0v) is 15.9. The molecule has 1 N–H and O–H groups in total. The molecule has 2 heterocycles. The van der Waals surface area contributed by atoms with Gasteiger partial charge in [0.05, 0.1) is 17.6 Å². The summed E-state index contributed by atoms with van der Waals surface area (Å²) in [5, 5.41) is 9.85. The van der Waals surface area contributed by atoms with Gasteiger partial charge in [-0.15, -0.1) is 0 Å². The quantitative estimate of drug-likeness (QED) is 0.358. The molecule has 26 heavy (non-hydrogen) atoms. The minimum absolute atomic E-state index is 0.0922. The molecule has 3 aliphatic rings. The van der Waals surface area contributed by atoms with Crippen molar-refractivity contribution in [3.63, 3.8) is 0 Å². The van der Waals surface area contributed by atoms with Crippen LogP contribution in [-0.4, -0.2) is 46.6 Å². The molecule has 0 amide bonds. The first kappa shape index (κ1) is 19.1. The van der Waals surface area contributed by atoms with Gasteiger partial charge in [-0.2, -0.15) is 0 Å². The Labute approximate surface area is 154 Å². The second-order valence-corrected chi connectivity index (χ2v) is 8.54. The van der Waals surface area contributed by atoms with Gasteiger partial charge in [-0.05, 0) is 52.5 Å². The van der Waals surface area contributed by atoms with Gasteiger partial charge in [0.25, 0.3) is 0 Å². The van der Waals surface area contributed by atoms with E-state index in [1.807, 2.05) is 13.8 Å². The number of fused-ring (bicyclic) bond motifs is 3. The van der Waals surface area contributed by atoms with Crippen LogP contribution in [0.25, 0.3) is 0 Å². The van der Waals surface area contributed by atoms with Gasteiger partial charge in [-0.3, -0.25) is 4.79 Å². The van der Waals surface area contributed by atoms with Crippen molar-refractivity contribution in [3.8, 4) is 0 Å². The molecule has 2 aliphatic heterocycles. The van der Waals surface area contributed by atoms with Gasteiger partial charge in [0.15, 0.2) is 0 Å². The largest absolute Gasteiger partial charge is 0.458 e. The molecule has 0 saturated carbocycles. The van der Waals surface area contributed by atoms with Gasteiger partial charge in [0.1, 0.15) is 18.3 Å². The minimum Gasteiger partial charge on any atom is -0.458 e. The predicted molar refractivity (Wildman–Crippen MR) is 94.2 cm³/mol. The van der Waals surface area contributed by atoms with E-state index >= 15 is 0 Å². The monoisotopic (exact) mass is 364 g/mol. The lowest BCUT2D eigenvalue weighted by Crippen LogP contribution is -2.34. The Kier molecular flexibility index (Phi) is 4.78. The van der Waals surface area contributed by atoms with Crippen LogP contribution in [0.15, 0.2) is 23.8 Å². The van der Waals surface area contributed by atoms with E-state index in [-0.39, 0.29) is 30.1 Å². The van der Waals surface area contributed by atoms with Crippen LogP contribution in [0.5, 0.6) is 0 Å². The number of rotatable bonds is 3. The highest BCUT2D eigenvalue weighted by molar-refractivity contribution is 5.91. The van der Waals surface area contributed by atoms with E-state index in [1.54, 1.807) is 13.8 Å². The summed E-state index contributed by atoms with van der Waals surface area (Å²) in [6.07, 6.45) is 2.99. The van der Waals surface area contributed by atoms with Crippen LogP contribution >= 0.6 is 0 Å². The molecule has 0 aromatic carbocycles. The number of epoxide rings is 1. The van der Waals surface area contributed by atoms with Crippen LogP contribution in [0.2, 0.25) is 0 Å². The van der Waals surface area contributed by atoms with E-state index in [9.17, 15) is 14.7 Å². The average Bonchev–Trinajstić information content (AvgIpc) is 3.09. The van der Waals surface area contributed by atoms with Crippen molar-refractivity contribution in [3.05, 3.63) is 23.8 Å². The van der Waals surface area contributed by atoms with E-state index in [0.717, 1.165) is 18.4 Å². The summed E-state index contributed by atoms with van der Waals surface area (Å²) in [7, 11) is 0. The number of aliphatic hydroxyl groups is 1. The van der Waals surface area contributed by atoms with Gasteiger partial charge in [-0.1, -0.05) is 12.7 Å². The highest BCUT2D eigenvalue weighted by Gasteiger charge is 2.61. The van der Waals surface area contributed by atoms with Gasteiger partial charge in [0, 0.05) is 11.5 Å². The Morgan fingerprint density at radius 3 is 2.85 bits per heavy atom. The SMILES string of the molecule is C=C1C(=O)O[C@@H]2[C@H]3O[C@]3(C)CCC=C(C)[C@@H](OC(=O)CC(C)(C)O)C[C@@H]12. The molecule has 2 saturated heterocycles. The fraction of sp³-hybridized carbons (Fsp3) is 0.700. The lowest BCUT2D eigenvalue weighted by Gasteiger charge is -2.26. The van der Waals surface area contributed by atoms with Crippen LogP contribution in [-0.2, 0) is 23.8 Å². The lowest BCUT2D eigenvalue weighted by molar-refractivity contribution is -0.153. The second kappa shape index (κ2) is 6.50. The fourth-order valence-corrected chi connectivity index (χ4v) is 3.88. The molecule has 0 spiro atoms. The summed E-state index contributed by atoms with van der Waals surface area (Å²) in [5.74, 6) is -1.12. The third-order valence-electron chi connectivity index (χ3n) is 5.52. The molecule has 5 atom stereocenters. The van der Waals surface area contributed by atoms with E-state index < -0.39 is 23.6 Å². The van der Waals surface area contributed by atoms with E-state index in [1.165, 1.54) is 0 Å². The zero-order chi connectivity index (χ0) is 19.3. The summed E-state index contributed by atoms with van der Waals surface area (Å²) in [5.41, 5.74) is -0.0745. The Bertz CT molecular complexity index is 658. The molecule has 0 unspecified atom stereocenters. The number of carbonyl (C=O) groups excluding carboxylic acids is 2. The molecular weight excluding hydrogens is 336 g/mol. The Morgan fingerprint density at radius 2 is 2.19 bits per heavy atom. The topological polar surface area (TPSA) is 85.4 Å². The van der Waals surface area contributed by atoms with Crippen molar-refractivity contribution in [1.29, 1.82) is 0 Å². The minimum atomic E-state index is -1.13. The molecule has 0 aromatic rings. The van der Waals surface area contributed by atoms with Gasteiger partial charge in [-0.25, -0.2) is 4.79 Å². The Hall–Kier alpha value is -1.66. The van der Waals surface area contributed by atoms with Crippen molar-refractivity contribution in [2.45, 2.75) is 82.9 Å². The molecule has 2 fully saturated rings. The molecule has 0 aromatic heterocycles. The molecular formula is C20H28O6. The highest BCUT2D eigenvalue weighted by Crippen LogP contribution is 2.50. The lowest BCUT2D eigenvalue weighted by atomic mass is 9.83. The number of allylic oxidation sites excluding steroid dienone is 1. The molecule has 0 bridgehead atoms. The third kappa shape index (κ3) is 3.86. The predicted octanol–water partition coefficient (Wildman–Crippen LogP) is 2.44. The van der Waals surface area contributed by atoms with Crippen molar-refractivity contribution in [1.82, 2.24) is 0 Å². The first-order valence-electron chi connectivity index (χ1n) is 9.16. The fourth-order valence-electron chi connectivity index (χ4n) is 3.88. The first-order valence-corrected chi connectivity index (χ1v) is 9.16. The zero-order valence-electron chi connectivity index (χ0n) is 15.9. The summed E-state index contributed by atoms with van der Waals surface area (Å²) in [6, 6.07) is 0. The van der Waals surface area contributed by atoms with Crippen molar-refractivity contribution < 1.29 is 28.9 Å². The maximum absolute atomic E-state index is 12.2. The number of esters is 2. The van der Waals surface area contributed by atoms with Crippen LogP contribution in [0.3, 0.4) is 0 Å². The summed E-state index contributed by atoms with van der Waals surface area (Å²) < 4.78 is 17.1. The Morgan fingerprint density at radius 1 is 1.50 bits per heavy atom. The van der Waals surface area contributed by atoms with Crippen LogP contribution in [0.4, 0.5) is 0 Å². The molecule has 3 rings (SSSR count). The average molecular weight is 364 g/mol. The van der Waals surface area contributed by atoms with Crippen LogP contribution in [0, 0.1) is 5.92 Å². The van der Waals surface area contributed by atoms with Gasteiger partial charge in [0.2, 0.25) is 0 Å². The standard InChI is InChI=1S/C20H28O6/c1-11-7-6-8-20(5)17(26-20)16-13(12(2)18(22)25-16)9-14(11)24-15(21)10-19(3,4)23/h7,13-14,16-17,23H,2,6,8-10H2,1,3-5H3/t13-,14-,16-,17+,20+/m0/s1. The van der Waals surface area contributed by atoms with E-state index in [4.69, 9.17) is 14.2 Å². The smallest absolute Gasteiger partial charge is 0.334 e. The third-order valence-corrected chi connectivity index (χ3v) is 5.52. The number of hydrogen-bond acceptors (Lipinski definition) is 6. The molecule has 6 nitrogen and oxygen atoms in total. The van der Waals surface area contributed by atoms with E-state index in [2.05, 4.69) is 12.7 Å². The van der Waals surface area contributed by atoms with Gasteiger partial charge >= 0.3 is 11.9 Å². The van der Waals surface area contributed by atoms with Crippen molar-refractivity contribution in [2.24, 2.45) is 5.92 Å². The van der Waals surface area contributed by atoms with Crippen LogP contribution < -0.4 is 0 Å². The second-order valence-electron chi connectivity index (χ2n) is 8.54. The van der Waals surface area contributed by atoms with Crippen LogP contribution in [0.1, 0.15) is 53.4 Å². The first-order chi connectivity index (χ1) is 12.0.